The molecule has 0 fully saturated rings. The Hall–Kier alpha value is -3.05. The van der Waals surface area contributed by atoms with Crippen molar-refractivity contribution in [1.29, 1.82) is 0 Å². The topological polar surface area (TPSA) is 128 Å². The third kappa shape index (κ3) is 7.57. The summed E-state index contributed by atoms with van der Waals surface area (Å²) in [7, 11) is -2.20. The lowest BCUT2D eigenvalue weighted by molar-refractivity contribution is -0.384. The molecule has 32 heavy (non-hydrogen) atoms. The van der Waals surface area contributed by atoms with E-state index in [0.29, 0.717) is 11.5 Å². The van der Waals surface area contributed by atoms with Crippen LogP contribution in [0.3, 0.4) is 0 Å². The lowest BCUT2D eigenvalue weighted by atomic mass is 10.2. The summed E-state index contributed by atoms with van der Waals surface area (Å²) in [5.41, 5.74) is -0.288. The first-order valence-corrected chi connectivity index (χ1v) is 11.8. The van der Waals surface area contributed by atoms with Crippen molar-refractivity contribution in [1.82, 2.24) is 5.32 Å². The number of non-ortho nitro benzene ring substituents is 1. The normalized spacial score (nSPS) is 11.0. The molecule has 0 saturated heterocycles. The second-order valence-corrected chi connectivity index (χ2v) is 9.02. The highest BCUT2D eigenvalue weighted by molar-refractivity contribution is 7.92. The van der Waals surface area contributed by atoms with Gasteiger partial charge in [0.2, 0.25) is 15.9 Å². The average Bonchev–Trinajstić information content (AvgIpc) is 2.74. The number of nitro groups is 1. The van der Waals surface area contributed by atoms with E-state index in [4.69, 9.17) is 21.1 Å². The molecule has 0 radical (unpaired) electrons. The van der Waals surface area contributed by atoms with Crippen molar-refractivity contribution >= 4 is 38.9 Å². The summed E-state index contributed by atoms with van der Waals surface area (Å²) in [5.74, 6) is 1.07. The molecule has 0 aliphatic heterocycles. The number of nitrogens with zero attached hydrogens (tertiary/aromatic N) is 2. The maximum atomic E-state index is 12.2. The first-order valence-electron chi connectivity index (χ1n) is 9.57. The molecule has 2 aromatic rings. The van der Waals surface area contributed by atoms with Crippen molar-refractivity contribution in [2.24, 2.45) is 0 Å². The second-order valence-electron chi connectivity index (χ2n) is 6.71. The third-order valence-electron chi connectivity index (χ3n) is 4.33. The van der Waals surface area contributed by atoms with Gasteiger partial charge in [-0.1, -0.05) is 11.6 Å². The Kier molecular flexibility index (Phi) is 9.09. The number of carbonyl (C=O) groups excluding carboxylic acids is 1. The molecule has 0 atom stereocenters. The van der Waals surface area contributed by atoms with Gasteiger partial charge in [0, 0.05) is 25.1 Å². The van der Waals surface area contributed by atoms with Crippen molar-refractivity contribution in [2.75, 3.05) is 37.4 Å². The molecule has 0 spiro atoms. The molecule has 0 aliphatic rings. The fraction of sp³-hybridized carbons (Fsp3) is 0.350. The molecule has 1 N–H and O–H groups in total. The number of nitro benzene ring substituents is 1. The Morgan fingerprint density at radius 1 is 1.19 bits per heavy atom. The van der Waals surface area contributed by atoms with Gasteiger partial charge in [0.25, 0.3) is 5.69 Å². The van der Waals surface area contributed by atoms with E-state index in [2.05, 4.69) is 5.32 Å². The number of carbonyl (C=O) groups is 1. The summed E-state index contributed by atoms with van der Waals surface area (Å²) in [6.07, 6.45) is 1.22. The highest BCUT2D eigenvalue weighted by Crippen LogP contribution is 2.31. The molecule has 2 rings (SSSR count). The van der Waals surface area contributed by atoms with Crippen LogP contribution in [0, 0.1) is 10.1 Å². The summed E-state index contributed by atoms with van der Waals surface area (Å²) in [5, 5.41) is 13.8. The number of halogens is 1. The predicted octanol–water partition coefficient (Wildman–Crippen LogP) is 3.00. The van der Waals surface area contributed by atoms with Crippen LogP contribution < -0.4 is 19.1 Å². The number of hydrogen-bond acceptors (Lipinski definition) is 7. The van der Waals surface area contributed by atoms with Crippen LogP contribution in [0.15, 0.2) is 42.5 Å². The van der Waals surface area contributed by atoms with Crippen LogP contribution >= 0.6 is 11.6 Å². The third-order valence-corrected chi connectivity index (χ3v) is 5.83. The van der Waals surface area contributed by atoms with Crippen molar-refractivity contribution in [3.05, 3.63) is 57.6 Å². The van der Waals surface area contributed by atoms with Crippen molar-refractivity contribution in [3.63, 3.8) is 0 Å². The van der Waals surface area contributed by atoms with Gasteiger partial charge in [-0.3, -0.25) is 19.2 Å². The van der Waals surface area contributed by atoms with Crippen molar-refractivity contribution < 1.29 is 27.6 Å². The summed E-state index contributed by atoms with van der Waals surface area (Å²) in [4.78, 5) is 22.4. The number of sulfonamides is 1. The fourth-order valence-corrected chi connectivity index (χ4v) is 4.01. The highest BCUT2D eigenvalue weighted by Gasteiger charge is 2.22. The largest absolute Gasteiger partial charge is 0.497 e. The van der Waals surface area contributed by atoms with Gasteiger partial charge in [0.05, 0.1) is 35.5 Å². The molecular weight excluding hydrogens is 462 g/mol. The van der Waals surface area contributed by atoms with Crippen molar-refractivity contribution in [2.45, 2.75) is 12.8 Å². The summed E-state index contributed by atoms with van der Waals surface area (Å²) in [6.45, 7) is 0.476. The maximum Gasteiger partial charge on any atom is 0.271 e. The van der Waals surface area contributed by atoms with E-state index >= 15 is 0 Å². The molecule has 2 aromatic carbocycles. The predicted molar refractivity (Wildman–Crippen MR) is 121 cm³/mol. The number of methoxy groups -OCH3 is 1. The molecule has 0 saturated carbocycles. The molecule has 0 heterocycles. The van der Waals surface area contributed by atoms with Crippen LogP contribution in [0.4, 0.5) is 11.4 Å². The first kappa shape index (κ1) is 25.2. The zero-order chi connectivity index (χ0) is 23.7. The Morgan fingerprint density at radius 3 is 2.44 bits per heavy atom. The number of hydrogen-bond donors (Lipinski definition) is 1. The second kappa shape index (κ2) is 11.5. The number of rotatable bonds is 12. The summed E-state index contributed by atoms with van der Waals surface area (Å²) in [6, 6.07) is 10.6. The van der Waals surface area contributed by atoms with Gasteiger partial charge >= 0.3 is 0 Å². The number of amides is 1. The van der Waals surface area contributed by atoms with E-state index in [0.717, 1.165) is 16.6 Å². The summed E-state index contributed by atoms with van der Waals surface area (Å²) >= 11 is 6.07. The molecule has 1 amide bonds. The monoisotopic (exact) mass is 485 g/mol. The van der Waals surface area contributed by atoms with Crippen LogP contribution in [-0.2, 0) is 14.8 Å². The van der Waals surface area contributed by atoms with E-state index in [9.17, 15) is 23.3 Å². The fourth-order valence-electron chi connectivity index (χ4n) is 2.77. The standard InChI is InChI=1S/C20H24ClN3O7S/c1-30-16-6-8-17(9-7-16)31-13-11-22-20(25)4-3-12-23(32(2,28)29)19-14-15(24(26)27)5-10-18(19)21/h5-10,14H,3-4,11-13H2,1-2H3,(H,22,25). The molecule has 12 heteroatoms. The molecule has 0 aromatic heterocycles. The molecular formula is C20H24ClN3O7S. The van der Waals surface area contributed by atoms with Gasteiger partial charge in [-0.05, 0) is 36.8 Å². The van der Waals surface area contributed by atoms with Gasteiger partial charge in [0.1, 0.15) is 18.1 Å². The smallest absolute Gasteiger partial charge is 0.271 e. The van der Waals surface area contributed by atoms with Crippen LogP contribution in [0.5, 0.6) is 11.5 Å². The van der Waals surface area contributed by atoms with Crippen LogP contribution in [0.25, 0.3) is 0 Å². The van der Waals surface area contributed by atoms with E-state index in [1.807, 2.05) is 0 Å². The van der Waals surface area contributed by atoms with Gasteiger partial charge in [-0.25, -0.2) is 8.42 Å². The quantitative estimate of drug-likeness (QED) is 0.278. The average molecular weight is 486 g/mol. The number of anilines is 1. The summed E-state index contributed by atoms with van der Waals surface area (Å²) < 4.78 is 35.9. The Balaban J connectivity index is 1.84. The lowest BCUT2D eigenvalue weighted by Gasteiger charge is -2.23. The van der Waals surface area contributed by atoms with E-state index in [-0.39, 0.29) is 54.8 Å². The van der Waals surface area contributed by atoms with Gasteiger partial charge in [-0.2, -0.15) is 0 Å². The Bertz CT molecular complexity index is 1050. The Labute approximate surface area is 191 Å². The lowest BCUT2D eigenvalue weighted by Crippen LogP contribution is -2.33. The first-order chi connectivity index (χ1) is 15.1. The molecule has 0 unspecified atom stereocenters. The maximum absolute atomic E-state index is 12.2. The van der Waals surface area contributed by atoms with Gasteiger partial charge in [0.15, 0.2) is 0 Å². The number of ether oxygens (including phenoxy) is 2. The zero-order valence-electron chi connectivity index (χ0n) is 17.6. The zero-order valence-corrected chi connectivity index (χ0v) is 19.2. The van der Waals surface area contributed by atoms with E-state index < -0.39 is 14.9 Å². The minimum Gasteiger partial charge on any atom is -0.497 e. The van der Waals surface area contributed by atoms with E-state index in [1.54, 1.807) is 31.4 Å². The van der Waals surface area contributed by atoms with Crippen LogP contribution in [0.2, 0.25) is 5.02 Å². The number of benzene rings is 2. The minimum atomic E-state index is -3.77. The van der Waals surface area contributed by atoms with Crippen LogP contribution in [-0.4, -0.2) is 52.3 Å². The van der Waals surface area contributed by atoms with Crippen LogP contribution in [0.1, 0.15) is 12.8 Å². The van der Waals surface area contributed by atoms with Crippen molar-refractivity contribution in [3.8, 4) is 11.5 Å². The molecule has 10 nitrogen and oxygen atoms in total. The SMILES string of the molecule is COc1ccc(OCCNC(=O)CCCN(c2cc([N+](=O)[O-])ccc2Cl)S(C)(=O)=O)cc1. The molecule has 0 aliphatic carbocycles. The minimum absolute atomic E-state index is 0.00309. The van der Waals surface area contributed by atoms with Gasteiger partial charge in [-0.15, -0.1) is 0 Å². The highest BCUT2D eigenvalue weighted by atomic mass is 35.5. The van der Waals surface area contributed by atoms with Gasteiger partial charge < -0.3 is 14.8 Å². The van der Waals surface area contributed by atoms with E-state index in [1.165, 1.54) is 12.1 Å². The Morgan fingerprint density at radius 2 is 1.84 bits per heavy atom. The molecule has 0 bridgehead atoms. The number of nitrogens with one attached hydrogen (secondary N) is 1. The molecule has 174 valence electrons.